The maximum absolute atomic E-state index is 2.33. The van der Waals surface area contributed by atoms with Gasteiger partial charge in [-0.2, -0.15) is 0 Å². The lowest BCUT2D eigenvalue weighted by atomic mass is 9.93. The molecule has 1 aliphatic carbocycles. The van der Waals surface area contributed by atoms with Crippen molar-refractivity contribution >= 4 is 11.8 Å². The summed E-state index contributed by atoms with van der Waals surface area (Å²) in [5, 5.41) is 0. The minimum Gasteiger partial charge on any atom is -0.126 e. The minimum absolute atomic E-state index is 0.641. The Balaban J connectivity index is 2.16. The normalized spacial score (nSPS) is 23.7. The Kier molecular flexibility index (Phi) is 1.34. The van der Waals surface area contributed by atoms with Crippen molar-refractivity contribution in [3.8, 4) is 0 Å². The summed E-state index contributed by atoms with van der Waals surface area (Å²) in [6, 6.07) is 8.95. The van der Waals surface area contributed by atoms with Gasteiger partial charge in [-0.3, -0.25) is 0 Å². The zero-order valence-corrected chi connectivity index (χ0v) is 7.86. The molecule has 1 aromatic carbocycles. The molecule has 3 rings (SSSR count). The van der Waals surface area contributed by atoms with E-state index >= 15 is 0 Å². The van der Waals surface area contributed by atoms with Crippen LogP contribution in [0.1, 0.15) is 24.8 Å². The van der Waals surface area contributed by atoms with E-state index in [1.807, 2.05) is 11.8 Å². The molecule has 2 aliphatic rings. The molecule has 0 bridgehead atoms. The molecule has 1 saturated carbocycles. The third-order valence-electron chi connectivity index (χ3n) is 3.15. The van der Waals surface area contributed by atoms with Crippen LogP contribution in [0.4, 0.5) is 0 Å². The van der Waals surface area contributed by atoms with E-state index in [9.17, 15) is 0 Å². The van der Waals surface area contributed by atoms with Gasteiger partial charge in [0.1, 0.15) is 0 Å². The van der Waals surface area contributed by atoms with E-state index in [0.29, 0.717) is 5.41 Å². The van der Waals surface area contributed by atoms with Gasteiger partial charge in [0.05, 0.1) is 0 Å². The van der Waals surface area contributed by atoms with Crippen LogP contribution in [0, 0.1) is 0 Å². The van der Waals surface area contributed by atoms with Crippen LogP contribution in [-0.2, 0) is 5.41 Å². The van der Waals surface area contributed by atoms with Gasteiger partial charge < -0.3 is 0 Å². The third-order valence-corrected chi connectivity index (χ3v) is 4.23. The quantitative estimate of drug-likeness (QED) is 0.585. The molecule has 1 spiro atoms. The van der Waals surface area contributed by atoms with E-state index in [4.69, 9.17) is 0 Å². The van der Waals surface area contributed by atoms with Crippen molar-refractivity contribution in [2.45, 2.75) is 29.6 Å². The van der Waals surface area contributed by atoms with Crippen LogP contribution in [0.3, 0.4) is 0 Å². The average molecular weight is 176 g/mol. The van der Waals surface area contributed by atoms with Gasteiger partial charge in [-0.25, -0.2) is 0 Å². The molecule has 0 amide bonds. The number of fused-ring (bicyclic) bond motifs is 2. The molecule has 1 aromatic rings. The molecule has 1 heteroatoms. The first-order chi connectivity index (χ1) is 5.91. The molecule has 0 N–H and O–H groups in total. The van der Waals surface area contributed by atoms with Crippen molar-refractivity contribution in [1.29, 1.82) is 0 Å². The van der Waals surface area contributed by atoms with Gasteiger partial charge in [-0.1, -0.05) is 18.2 Å². The lowest BCUT2D eigenvalue weighted by molar-refractivity contribution is 0.646. The highest BCUT2D eigenvalue weighted by Gasteiger charge is 2.46. The van der Waals surface area contributed by atoms with Gasteiger partial charge in [-0.05, 0) is 42.1 Å². The van der Waals surface area contributed by atoms with Crippen molar-refractivity contribution in [2.75, 3.05) is 5.75 Å². The summed E-state index contributed by atoms with van der Waals surface area (Å²) in [5.41, 5.74) is 2.28. The zero-order chi connectivity index (χ0) is 8.02. The molecule has 1 heterocycles. The van der Waals surface area contributed by atoms with E-state index in [1.54, 1.807) is 10.5 Å². The largest absolute Gasteiger partial charge is 0.126 e. The van der Waals surface area contributed by atoms with E-state index in [1.165, 1.54) is 25.0 Å². The first kappa shape index (κ1) is 7.02. The minimum atomic E-state index is 0.641. The summed E-state index contributed by atoms with van der Waals surface area (Å²) >= 11 is 2.03. The summed E-state index contributed by atoms with van der Waals surface area (Å²) < 4.78 is 0. The fourth-order valence-electron chi connectivity index (χ4n) is 2.19. The van der Waals surface area contributed by atoms with E-state index in [2.05, 4.69) is 24.3 Å². The highest BCUT2D eigenvalue weighted by molar-refractivity contribution is 7.99. The number of hydrogen-bond donors (Lipinski definition) is 0. The molecule has 0 aromatic heterocycles. The van der Waals surface area contributed by atoms with Crippen LogP contribution in [0.25, 0.3) is 0 Å². The molecular weight excluding hydrogens is 164 g/mol. The number of hydrogen-bond acceptors (Lipinski definition) is 1. The second-order valence-corrected chi connectivity index (χ2v) is 5.01. The van der Waals surface area contributed by atoms with Crippen molar-refractivity contribution in [2.24, 2.45) is 0 Å². The lowest BCUT2D eigenvalue weighted by Crippen LogP contribution is -2.13. The number of thioether (sulfide) groups is 1. The smallest absolute Gasteiger partial charge is 0.0110 e. The summed E-state index contributed by atoms with van der Waals surface area (Å²) in [5.74, 6) is 1.33. The third kappa shape index (κ3) is 0.861. The zero-order valence-electron chi connectivity index (χ0n) is 7.05. The first-order valence-corrected chi connectivity index (χ1v) is 5.62. The second-order valence-electron chi connectivity index (χ2n) is 3.87. The molecule has 62 valence electrons. The fourth-order valence-corrected chi connectivity index (χ4v) is 3.52. The Hall–Kier alpha value is -0.430. The second kappa shape index (κ2) is 2.29. The Morgan fingerprint density at radius 1 is 1.08 bits per heavy atom. The summed E-state index contributed by atoms with van der Waals surface area (Å²) in [6.07, 6.45) is 4.28. The Bertz CT molecular complexity index is 313. The van der Waals surface area contributed by atoms with Crippen LogP contribution in [0.2, 0.25) is 0 Å². The summed E-state index contributed by atoms with van der Waals surface area (Å²) in [4.78, 5) is 1.54. The highest BCUT2D eigenvalue weighted by Crippen LogP contribution is 2.56. The van der Waals surface area contributed by atoms with E-state index in [-0.39, 0.29) is 0 Å². The van der Waals surface area contributed by atoms with E-state index in [0.717, 1.165) is 0 Å². The van der Waals surface area contributed by atoms with Crippen LogP contribution in [0.5, 0.6) is 0 Å². The van der Waals surface area contributed by atoms with Gasteiger partial charge in [0.25, 0.3) is 0 Å². The molecule has 0 saturated heterocycles. The van der Waals surface area contributed by atoms with Crippen molar-refractivity contribution in [3.05, 3.63) is 29.8 Å². The van der Waals surface area contributed by atoms with Crippen molar-refractivity contribution in [3.63, 3.8) is 0 Å². The highest BCUT2D eigenvalue weighted by atomic mass is 32.2. The molecule has 1 fully saturated rings. The van der Waals surface area contributed by atoms with Gasteiger partial charge in [0.15, 0.2) is 0 Å². The molecule has 0 atom stereocenters. The molecule has 1 aliphatic heterocycles. The van der Waals surface area contributed by atoms with Crippen LogP contribution in [-0.4, -0.2) is 5.75 Å². The molecule has 0 radical (unpaired) electrons. The van der Waals surface area contributed by atoms with Gasteiger partial charge in [0.2, 0.25) is 0 Å². The Labute approximate surface area is 77.4 Å². The van der Waals surface area contributed by atoms with Crippen LogP contribution in [0.15, 0.2) is 29.2 Å². The SMILES string of the molecule is c1ccc2c(c1)SCCC21CC1. The van der Waals surface area contributed by atoms with Crippen molar-refractivity contribution in [1.82, 2.24) is 0 Å². The predicted molar refractivity (Wildman–Crippen MR) is 52.7 cm³/mol. The topological polar surface area (TPSA) is 0 Å². The predicted octanol–water partition coefficient (Wildman–Crippen LogP) is 3.21. The van der Waals surface area contributed by atoms with Crippen molar-refractivity contribution < 1.29 is 0 Å². The first-order valence-electron chi connectivity index (χ1n) is 4.63. The molecule has 0 nitrogen and oxygen atoms in total. The van der Waals surface area contributed by atoms with Gasteiger partial charge in [-0.15, -0.1) is 11.8 Å². The summed E-state index contributed by atoms with van der Waals surface area (Å²) in [6.45, 7) is 0. The molecule has 12 heavy (non-hydrogen) atoms. The standard InChI is InChI=1S/C11H12S/c1-2-4-10-9(3-1)11(5-6-11)7-8-12-10/h1-4H,5-8H2. The molecule has 0 unspecified atom stereocenters. The summed E-state index contributed by atoms with van der Waals surface area (Å²) in [7, 11) is 0. The van der Waals surface area contributed by atoms with Gasteiger partial charge in [0, 0.05) is 4.90 Å². The van der Waals surface area contributed by atoms with Gasteiger partial charge >= 0.3 is 0 Å². The van der Waals surface area contributed by atoms with E-state index < -0.39 is 0 Å². The number of rotatable bonds is 0. The lowest BCUT2D eigenvalue weighted by Gasteiger charge is -2.24. The average Bonchev–Trinajstić information content (AvgIpc) is 2.87. The Morgan fingerprint density at radius 2 is 1.92 bits per heavy atom. The molecular formula is C11H12S. The fraction of sp³-hybridized carbons (Fsp3) is 0.455. The monoisotopic (exact) mass is 176 g/mol. The maximum Gasteiger partial charge on any atom is 0.0110 e. The van der Waals surface area contributed by atoms with Crippen LogP contribution < -0.4 is 0 Å². The van der Waals surface area contributed by atoms with Crippen LogP contribution >= 0.6 is 11.8 Å². The Morgan fingerprint density at radius 3 is 2.75 bits per heavy atom. The maximum atomic E-state index is 2.33. The number of benzene rings is 1.